The summed E-state index contributed by atoms with van der Waals surface area (Å²) >= 11 is 6.85. The Balaban J connectivity index is 3.65. The van der Waals surface area contributed by atoms with Crippen LogP contribution in [0.1, 0.15) is 78.1 Å². The molecule has 4 nitrogen and oxygen atoms in total. The summed E-state index contributed by atoms with van der Waals surface area (Å²) in [5, 5.41) is 4.47. The van der Waals surface area contributed by atoms with Crippen LogP contribution in [0.25, 0.3) is 0 Å². The molecule has 0 saturated carbocycles. The topological polar surface area (TPSA) is 41.9 Å². The molecular formula is C17H34N2O2S3. The highest BCUT2D eigenvalue weighted by Gasteiger charge is 2.14. The highest BCUT2D eigenvalue weighted by atomic mass is 32.8. The third kappa shape index (κ3) is 13.2. The fraction of sp³-hybridized carbons (Fsp3) is 0.882. The van der Waals surface area contributed by atoms with Gasteiger partial charge in [0.2, 0.25) is 0 Å². The van der Waals surface area contributed by atoms with Gasteiger partial charge in [0.15, 0.2) is 0 Å². The molecule has 24 heavy (non-hydrogen) atoms. The molecule has 0 spiro atoms. The van der Waals surface area contributed by atoms with E-state index in [-0.39, 0.29) is 0 Å². The van der Waals surface area contributed by atoms with Crippen LogP contribution in [0.5, 0.6) is 0 Å². The molecule has 0 aliphatic heterocycles. The maximum absolute atomic E-state index is 11.8. The van der Waals surface area contributed by atoms with E-state index in [1.54, 1.807) is 14.0 Å². The lowest BCUT2D eigenvalue weighted by Crippen LogP contribution is -2.29. The molecule has 0 fully saturated rings. The lowest BCUT2D eigenvalue weighted by Gasteiger charge is -2.16. The molecular weight excluding hydrogens is 360 g/mol. The maximum Gasteiger partial charge on any atom is 0.446 e. The number of nitrogens with zero attached hydrogens (tertiary/aromatic N) is 2. The van der Waals surface area contributed by atoms with Crippen LogP contribution < -0.4 is 0 Å². The Morgan fingerprint density at radius 2 is 1.58 bits per heavy atom. The average Bonchev–Trinajstić information content (AvgIpc) is 2.59. The van der Waals surface area contributed by atoms with Crippen LogP contribution >= 0.6 is 11.8 Å². The molecule has 7 heteroatoms. The number of oxime groups is 1. The molecule has 0 aromatic heterocycles. The van der Waals surface area contributed by atoms with E-state index in [1.165, 1.54) is 73.9 Å². The lowest BCUT2D eigenvalue weighted by molar-refractivity contribution is 0.137. The number of carbonyl (C=O) groups is 1. The minimum atomic E-state index is -0.508. The summed E-state index contributed by atoms with van der Waals surface area (Å²) in [6, 6.07) is 0. The summed E-state index contributed by atoms with van der Waals surface area (Å²) in [7, 11) is 1.19. The SMILES string of the molecule is CCCCCCCCCCCCS(=S)N(C)C(=O)ON=C(C)SC. The van der Waals surface area contributed by atoms with Crippen molar-refractivity contribution in [3.05, 3.63) is 0 Å². The molecule has 1 amide bonds. The van der Waals surface area contributed by atoms with Crippen LogP contribution in [0.15, 0.2) is 5.16 Å². The van der Waals surface area contributed by atoms with Crippen LogP contribution in [-0.4, -0.2) is 34.5 Å². The van der Waals surface area contributed by atoms with Gasteiger partial charge in [-0.05, 0) is 40.4 Å². The maximum atomic E-state index is 11.8. The molecule has 0 radical (unpaired) electrons. The number of amides is 1. The van der Waals surface area contributed by atoms with Crippen LogP contribution in [0, 0.1) is 0 Å². The minimum Gasteiger partial charge on any atom is -0.296 e. The van der Waals surface area contributed by atoms with Crippen molar-refractivity contribution < 1.29 is 9.63 Å². The largest absolute Gasteiger partial charge is 0.446 e. The number of hydrogen-bond donors (Lipinski definition) is 0. The van der Waals surface area contributed by atoms with Crippen LogP contribution in [0.2, 0.25) is 0 Å². The smallest absolute Gasteiger partial charge is 0.296 e. The zero-order valence-electron chi connectivity index (χ0n) is 15.7. The van der Waals surface area contributed by atoms with Gasteiger partial charge in [0, 0.05) is 12.8 Å². The van der Waals surface area contributed by atoms with Gasteiger partial charge in [0.25, 0.3) is 0 Å². The highest BCUT2D eigenvalue weighted by molar-refractivity contribution is 8.27. The summed E-state index contributed by atoms with van der Waals surface area (Å²) < 4.78 is 1.49. The van der Waals surface area contributed by atoms with Crippen molar-refractivity contribution in [1.82, 2.24) is 4.31 Å². The quantitative estimate of drug-likeness (QED) is 0.133. The van der Waals surface area contributed by atoms with E-state index in [0.29, 0.717) is 0 Å². The summed E-state index contributed by atoms with van der Waals surface area (Å²) in [5.41, 5.74) is 0. The van der Waals surface area contributed by atoms with Gasteiger partial charge in [-0.15, -0.1) is 11.8 Å². The van der Waals surface area contributed by atoms with Crippen molar-refractivity contribution >= 4 is 43.7 Å². The fourth-order valence-corrected chi connectivity index (χ4v) is 3.70. The van der Waals surface area contributed by atoms with Gasteiger partial charge in [-0.3, -0.25) is 4.84 Å². The Morgan fingerprint density at radius 1 is 1.08 bits per heavy atom. The van der Waals surface area contributed by atoms with Gasteiger partial charge >= 0.3 is 6.09 Å². The van der Waals surface area contributed by atoms with Crippen molar-refractivity contribution in [3.8, 4) is 0 Å². The Labute approximate surface area is 159 Å². The molecule has 0 N–H and O–H groups in total. The van der Waals surface area contributed by atoms with Gasteiger partial charge < -0.3 is 0 Å². The molecule has 0 rings (SSSR count). The predicted octanol–water partition coefficient (Wildman–Crippen LogP) is 5.67. The molecule has 0 aromatic rings. The predicted molar refractivity (Wildman–Crippen MR) is 112 cm³/mol. The van der Waals surface area contributed by atoms with Crippen molar-refractivity contribution in [1.29, 1.82) is 0 Å². The Morgan fingerprint density at radius 3 is 2.08 bits per heavy atom. The van der Waals surface area contributed by atoms with Crippen molar-refractivity contribution in [2.75, 3.05) is 19.1 Å². The normalized spacial score (nSPS) is 12.9. The molecule has 0 bridgehead atoms. The molecule has 0 heterocycles. The molecule has 1 atom stereocenters. The van der Waals surface area contributed by atoms with Crippen LogP contribution in [0.4, 0.5) is 4.79 Å². The van der Waals surface area contributed by atoms with Crippen LogP contribution in [-0.2, 0) is 25.7 Å². The van der Waals surface area contributed by atoms with E-state index >= 15 is 0 Å². The Bertz CT molecular complexity index is 390. The lowest BCUT2D eigenvalue weighted by atomic mass is 10.1. The first-order chi connectivity index (χ1) is 11.5. The first kappa shape index (κ1) is 23.9. The first-order valence-electron chi connectivity index (χ1n) is 8.94. The number of thioether (sulfide) groups is 1. The number of hydrogen-bond acceptors (Lipinski definition) is 5. The van der Waals surface area contributed by atoms with Gasteiger partial charge in [-0.25, -0.2) is 9.10 Å². The zero-order chi connectivity index (χ0) is 18.2. The summed E-state index contributed by atoms with van der Waals surface area (Å²) in [6.45, 7) is 4.05. The molecule has 0 aliphatic rings. The van der Waals surface area contributed by atoms with Crippen molar-refractivity contribution in [2.45, 2.75) is 78.1 Å². The third-order valence-electron chi connectivity index (χ3n) is 3.78. The second-order valence-corrected chi connectivity index (χ2v) is 9.63. The van der Waals surface area contributed by atoms with E-state index in [4.69, 9.17) is 16.0 Å². The second kappa shape index (κ2) is 16.3. The number of unbranched alkanes of at least 4 members (excludes halogenated alkanes) is 9. The Kier molecular flexibility index (Phi) is 16.2. The second-order valence-electron chi connectivity index (χ2n) is 5.88. The van der Waals surface area contributed by atoms with E-state index < -0.39 is 15.7 Å². The number of carbonyl (C=O) groups excluding carboxylic acids is 1. The standard InChI is InChI=1S/C17H34N2O2S3/c1-5-6-7-8-9-10-11-12-13-14-15-24(22)19(3)17(20)21-18-16(2)23-4/h5-15H2,1-4H3. The van der Waals surface area contributed by atoms with E-state index in [1.807, 2.05) is 6.26 Å². The molecule has 1 unspecified atom stereocenters. The van der Waals surface area contributed by atoms with Crippen LogP contribution in [0.3, 0.4) is 0 Å². The van der Waals surface area contributed by atoms with Crippen molar-refractivity contribution in [3.63, 3.8) is 0 Å². The highest BCUT2D eigenvalue weighted by Crippen LogP contribution is 2.11. The molecule has 0 aliphatic carbocycles. The molecule has 0 aromatic carbocycles. The summed E-state index contributed by atoms with van der Waals surface area (Å²) in [4.78, 5) is 16.7. The molecule has 0 saturated heterocycles. The zero-order valence-corrected chi connectivity index (χ0v) is 18.2. The first-order valence-corrected chi connectivity index (χ1v) is 12.4. The number of rotatable bonds is 13. The monoisotopic (exact) mass is 394 g/mol. The van der Waals surface area contributed by atoms with Crippen molar-refractivity contribution in [2.24, 2.45) is 5.16 Å². The van der Waals surface area contributed by atoms with Gasteiger partial charge in [0.05, 0.1) is 0 Å². The third-order valence-corrected chi connectivity index (χ3v) is 7.02. The minimum absolute atomic E-state index is 0.464. The molecule has 142 valence electrons. The Hall–Kier alpha value is -0.140. The fourth-order valence-electron chi connectivity index (χ4n) is 2.13. The average molecular weight is 395 g/mol. The van der Waals surface area contributed by atoms with Gasteiger partial charge in [-0.1, -0.05) is 69.9 Å². The van der Waals surface area contributed by atoms with Gasteiger partial charge in [0.1, 0.15) is 5.04 Å². The van der Waals surface area contributed by atoms with E-state index in [2.05, 4.69) is 12.1 Å². The summed E-state index contributed by atoms with van der Waals surface area (Å²) in [6.07, 6.45) is 14.5. The van der Waals surface area contributed by atoms with Gasteiger partial charge in [-0.2, -0.15) is 0 Å². The van der Waals surface area contributed by atoms with E-state index in [9.17, 15) is 4.79 Å². The summed E-state index contributed by atoms with van der Waals surface area (Å²) in [5.74, 6) is 0.864. The van der Waals surface area contributed by atoms with E-state index in [0.717, 1.165) is 17.2 Å².